The van der Waals surface area contributed by atoms with E-state index in [0.717, 1.165) is 16.8 Å². The summed E-state index contributed by atoms with van der Waals surface area (Å²) in [5.74, 6) is -0.0675. The van der Waals surface area contributed by atoms with Gasteiger partial charge in [-0.05, 0) is 29.0 Å². The van der Waals surface area contributed by atoms with Crippen LogP contribution < -0.4 is 5.32 Å². The fourth-order valence-electron chi connectivity index (χ4n) is 2.62. The number of ether oxygens (including phenoxy) is 1. The average Bonchev–Trinajstić information content (AvgIpc) is 2.99. The second-order valence-electron chi connectivity index (χ2n) is 8.48. The third-order valence-corrected chi connectivity index (χ3v) is 4.87. The Bertz CT molecular complexity index is 820. The highest BCUT2D eigenvalue weighted by Crippen LogP contribution is 2.41. The lowest BCUT2D eigenvalue weighted by molar-refractivity contribution is -0.134. The van der Waals surface area contributed by atoms with Crippen LogP contribution in [0.1, 0.15) is 58.4 Å². The summed E-state index contributed by atoms with van der Waals surface area (Å²) in [6.07, 6.45) is 2.96. The third-order valence-electron chi connectivity index (χ3n) is 4.09. The Labute approximate surface area is 165 Å². The molecule has 0 spiro atoms. The van der Waals surface area contributed by atoms with E-state index in [0.29, 0.717) is 16.6 Å². The number of carbonyl (C=O) groups excluding carboxylic acids is 1. The summed E-state index contributed by atoms with van der Waals surface area (Å²) < 4.78 is 4.59. The van der Waals surface area contributed by atoms with Gasteiger partial charge in [-0.15, -0.1) is 11.3 Å². The monoisotopic (exact) mass is 388 g/mol. The molecule has 0 amide bonds. The van der Waals surface area contributed by atoms with Gasteiger partial charge in [0.15, 0.2) is 5.13 Å². The van der Waals surface area contributed by atoms with Crippen LogP contribution in [0.15, 0.2) is 23.6 Å². The smallest absolute Gasteiger partial charge is 0.330 e. The zero-order valence-corrected chi connectivity index (χ0v) is 17.8. The molecule has 0 bridgehead atoms. The van der Waals surface area contributed by atoms with Gasteiger partial charge in [0.1, 0.15) is 5.75 Å². The van der Waals surface area contributed by atoms with Crippen LogP contribution in [0.2, 0.25) is 0 Å². The average molecular weight is 389 g/mol. The van der Waals surface area contributed by atoms with E-state index in [1.54, 1.807) is 6.08 Å². The van der Waals surface area contributed by atoms with Gasteiger partial charge in [0.25, 0.3) is 0 Å². The van der Waals surface area contributed by atoms with Gasteiger partial charge in [0.05, 0.1) is 12.8 Å². The van der Waals surface area contributed by atoms with E-state index in [1.165, 1.54) is 24.5 Å². The van der Waals surface area contributed by atoms with Crippen LogP contribution in [-0.2, 0) is 20.4 Å². The fourth-order valence-corrected chi connectivity index (χ4v) is 3.31. The van der Waals surface area contributed by atoms with Crippen molar-refractivity contribution in [2.45, 2.75) is 52.4 Å². The molecule has 0 saturated carbocycles. The van der Waals surface area contributed by atoms with E-state index in [-0.39, 0.29) is 10.8 Å². The lowest BCUT2D eigenvalue weighted by Gasteiger charge is -2.28. The Morgan fingerprint density at radius 1 is 1.15 bits per heavy atom. The number of thiazole rings is 1. The van der Waals surface area contributed by atoms with E-state index in [1.807, 2.05) is 17.5 Å². The van der Waals surface area contributed by atoms with Gasteiger partial charge in [-0.1, -0.05) is 41.5 Å². The first kappa shape index (κ1) is 21.0. The highest BCUT2D eigenvalue weighted by molar-refractivity contribution is 7.13. The number of anilines is 2. The maximum absolute atomic E-state index is 11.2. The quantitative estimate of drug-likeness (QED) is 0.418. The molecule has 1 aromatic carbocycles. The van der Waals surface area contributed by atoms with Crippen LogP contribution in [0.4, 0.5) is 10.8 Å². The zero-order chi connectivity index (χ0) is 20.4. The lowest BCUT2D eigenvalue weighted by atomic mass is 9.79. The molecule has 0 unspecified atom stereocenters. The minimum absolute atomic E-state index is 0.195. The summed E-state index contributed by atoms with van der Waals surface area (Å²) >= 11 is 1.45. The third kappa shape index (κ3) is 5.32. The molecule has 0 saturated heterocycles. The number of hydrogen-bond donors (Lipinski definition) is 2. The van der Waals surface area contributed by atoms with Gasteiger partial charge < -0.3 is 15.2 Å². The Morgan fingerprint density at radius 3 is 2.19 bits per heavy atom. The molecule has 0 fully saturated rings. The summed E-state index contributed by atoms with van der Waals surface area (Å²) in [4.78, 5) is 15.7. The number of aromatic nitrogens is 1. The van der Waals surface area contributed by atoms with Crippen molar-refractivity contribution in [3.05, 3.63) is 40.4 Å². The van der Waals surface area contributed by atoms with Crippen LogP contribution in [0.25, 0.3) is 6.08 Å². The first-order valence-electron chi connectivity index (χ1n) is 8.78. The van der Waals surface area contributed by atoms with Crippen molar-refractivity contribution in [2.75, 3.05) is 12.4 Å². The summed E-state index contributed by atoms with van der Waals surface area (Å²) in [7, 11) is 1.34. The van der Waals surface area contributed by atoms with Gasteiger partial charge in [-0.2, -0.15) is 0 Å². The van der Waals surface area contributed by atoms with E-state index in [4.69, 9.17) is 0 Å². The van der Waals surface area contributed by atoms with Crippen LogP contribution in [0.5, 0.6) is 5.75 Å². The molecule has 1 aromatic heterocycles. The molecular formula is C21H28N2O3S. The molecule has 0 atom stereocenters. The predicted molar refractivity (Wildman–Crippen MR) is 112 cm³/mol. The largest absolute Gasteiger partial charge is 0.507 e. The van der Waals surface area contributed by atoms with Gasteiger partial charge in [0.2, 0.25) is 0 Å². The maximum atomic E-state index is 11.2. The van der Waals surface area contributed by atoms with Gasteiger partial charge in [-0.3, -0.25) is 0 Å². The van der Waals surface area contributed by atoms with Crippen molar-refractivity contribution in [1.29, 1.82) is 0 Å². The van der Waals surface area contributed by atoms with E-state index < -0.39 is 5.97 Å². The van der Waals surface area contributed by atoms with Crippen LogP contribution in [0.3, 0.4) is 0 Å². The van der Waals surface area contributed by atoms with Crippen LogP contribution in [0, 0.1) is 0 Å². The Hall–Kier alpha value is -2.34. The SMILES string of the molecule is COC(=O)/C=C/c1csc(Nc2cc(C(C)(C)C)c(O)c(C(C)(C)C)c2)n1. The van der Waals surface area contributed by atoms with Crippen molar-refractivity contribution in [1.82, 2.24) is 4.98 Å². The fraction of sp³-hybridized carbons (Fsp3) is 0.429. The molecule has 146 valence electrons. The highest BCUT2D eigenvalue weighted by Gasteiger charge is 2.26. The highest BCUT2D eigenvalue weighted by atomic mass is 32.1. The molecule has 0 radical (unpaired) electrons. The van der Waals surface area contributed by atoms with E-state index in [2.05, 4.69) is 56.6 Å². The van der Waals surface area contributed by atoms with Crippen molar-refractivity contribution >= 4 is 34.2 Å². The molecule has 0 aliphatic carbocycles. The summed E-state index contributed by atoms with van der Waals surface area (Å²) in [6, 6.07) is 3.94. The minimum Gasteiger partial charge on any atom is -0.507 e. The Morgan fingerprint density at radius 2 is 1.70 bits per heavy atom. The van der Waals surface area contributed by atoms with E-state index in [9.17, 15) is 9.90 Å². The Balaban J connectivity index is 2.38. The van der Waals surface area contributed by atoms with Crippen molar-refractivity contribution in [3.8, 4) is 5.75 Å². The van der Waals surface area contributed by atoms with E-state index >= 15 is 0 Å². The van der Waals surface area contributed by atoms with Crippen molar-refractivity contribution in [2.24, 2.45) is 0 Å². The molecule has 2 rings (SSSR count). The number of methoxy groups -OCH3 is 1. The summed E-state index contributed by atoms with van der Waals surface area (Å²) in [5.41, 5.74) is 2.94. The number of benzene rings is 1. The number of nitrogens with zero attached hydrogens (tertiary/aromatic N) is 1. The zero-order valence-electron chi connectivity index (χ0n) is 17.0. The van der Waals surface area contributed by atoms with Crippen LogP contribution >= 0.6 is 11.3 Å². The molecule has 1 heterocycles. The first-order valence-corrected chi connectivity index (χ1v) is 9.66. The number of carbonyl (C=O) groups is 1. The first-order chi connectivity index (χ1) is 12.4. The standard InChI is InChI=1S/C21H28N2O3S/c1-20(2,3)15-10-14(11-16(18(15)25)21(4,5)6)23-19-22-13(12-27-19)8-9-17(24)26-7/h8-12,25H,1-7H3,(H,22,23)/b9-8+. The van der Waals surface area contributed by atoms with Gasteiger partial charge in [0, 0.05) is 28.3 Å². The number of hydrogen-bond acceptors (Lipinski definition) is 6. The molecule has 0 aliphatic heterocycles. The molecule has 2 N–H and O–H groups in total. The second-order valence-corrected chi connectivity index (χ2v) is 9.34. The number of phenols is 1. The molecule has 0 aliphatic rings. The van der Waals surface area contributed by atoms with Gasteiger partial charge in [-0.25, -0.2) is 9.78 Å². The molecule has 27 heavy (non-hydrogen) atoms. The second kappa shape index (κ2) is 7.72. The number of esters is 1. The van der Waals surface area contributed by atoms with Gasteiger partial charge >= 0.3 is 5.97 Å². The van der Waals surface area contributed by atoms with Crippen LogP contribution in [-0.4, -0.2) is 23.2 Å². The molecular weight excluding hydrogens is 360 g/mol. The Kier molecular flexibility index (Phi) is 6.00. The summed E-state index contributed by atoms with van der Waals surface area (Å²) in [6.45, 7) is 12.5. The minimum atomic E-state index is -0.416. The normalized spacial score (nSPS) is 12.4. The maximum Gasteiger partial charge on any atom is 0.330 e. The number of phenolic OH excluding ortho intramolecular Hbond substituents is 1. The predicted octanol–water partition coefficient (Wildman–Crippen LogP) is 5.37. The topological polar surface area (TPSA) is 71.5 Å². The number of rotatable bonds is 4. The van der Waals surface area contributed by atoms with Crippen molar-refractivity contribution < 1.29 is 14.6 Å². The number of nitrogens with one attached hydrogen (secondary N) is 1. The van der Waals surface area contributed by atoms with Crippen molar-refractivity contribution in [3.63, 3.8) is 0 Å². The molecule has 5 nitrogen and oxygen atoms in total. The lowest BCUT2D eigenvalue weighted by Crippen LogP contribution is -2.17. The molecule has 6 heteroatoms. The molecule has 2 aromatic rings. The summed E-state index contributed by atoms with van der Waals surface area (Å²) in [5, 5.41) is 16.7. The number of aromatic hydroxyl groups is 1.